The number of unbranched alkanes of at least 4 members (excludes halogenated alkanes) is 1. The van der Waals surface area contributed by atoms with E-state index in [1.807, 2.05) is 0 Å². The van der Waals surface area contributed by atoms with Gasteiger partial charge in [-0.1, -0.05) is 26.3 Å². The van der Waals surface area contributed by atoms with Gasteiger partial charge in [0.1, 0.15) is 6.61 Å². The second kappa shape index (κ2) is 8.61. The minimum absolute atomic E-state index is 0.455. The van der Waals surface area contributed by atoms with Crippen molar-refractivity contribution >= 4 is 17.3 Å². The largest absolute Gasteiger partial charge is 0.482 e. The van der Waals surface area contributed by atoms with Gasteiger partial charge in [0.05, 0.1) is 13.2 Å². The average Bonchev–Trinajstić information content (AvgIpc) is 2.39. The predicted molar refractivity (Wildman–Crippen MR) is 74.5 cm³/mol. The molecule has 0 aromatic heterocycles. The van der Waals surface area contributed by atoms with Gasteiger partial charge >= 0.3 is 0 Å². The standard InChI is InChI=1S/C13H23NO2S/c1-3-5-6-12(11-16-13(17)4-2)14-7-9-15-10-8-14/h4,12H,2-3,5-11H2,1H3. The predicted octanol–water partition coefficient (Wildman–Crippen LogP) is 2.41. The quantitative estimate of drug-likeness (QED) is 0.516. The zero-order chi connectivity index (χ0) is 12.5. The van der Waals surface area contributed by atoms with Crippen LogP contribution in [-0.2, 0) is 9.47 Å². The molecule has 0 amide bonds. The molecular formula is C13H23NO2S. The fourth-order valence-electron chi connectivity index (χ4n) is 1.99. The van der Waals surface area contributed by atoms with Gasteiger partial charge in [0, 0.05) is 19.1 Å². The first-order chi connectivity index (χ1) is 8.27. The van der Waals surface area contributed by atoms with Gasteiger partial charge in [0.15, 0.2) is 5.05 Å². The molecule has 1 saturated heterocycles. The molecule has 0 saturated carbocycles. The first-order valence-corrected chi connectivity index (χ1v) is 6.79. The van der Waals surface area contributed by atoms with E-state index in [0.717, 1.165) is 32.7 Å². The molecule has 1 heterocycles. The molecule has 0 bridgehead atoms. The van der Waals surface area contributed by atoms with Crippen molar-refractivity contribution in [2.24, 2.45) is 0 Å². The van der Waals surface area contributed by atoms with E-state index in [-0.39, 0.29) is 0 Å². The van der Waals surface area contributed by atoms with E-state index in [4.69, 9.17) is 21.7 Å². The number of hydrogen-bond acceptors (Lipinski definition) is 4. The van der Waals surface area contributed by atoms with Crippen molar-refractivity contribution in [3.63, 3.8) is 0 Å². The molecule has 1 atom stereocenters. The maximum atomic E-state index is 5.53. The number of morpholine rings is 1. The summed E-state index contributed by atoms with van der Waals surface area (Å²) in [7, 11) is 0. The zero-order valence-corrected chi connectivity index (χ0v) is 11.5. The Morgan fingerprint density at radius 1 is 1.53 bits per heavy atom. The normalized spacial score (nSPS) is 18.6. The van der Waals surface area contributed by atoms with Crippen molar-refractivity contribution in [3.05, 3.63) is 12.7 Å². The van der Waals surface area contributed by atoms with Crippen LogP contribution >= 0.6 is 12.2 Å². The summed E-state index contributed by atoms with van der Waals surface area (Å²) >= 11 is 5.00. The Balaban J connectivity index is 2.40. The van der Waals surface area contributed by atoms with Crippen LogP contribution < -0.4 is 0 Å². The minimum atomic E-state index is 0.455. The Morgan fingerprint density at radius 3 is 2.82 bits per heavy atom. The Morgan fingerprint density at radius 2 is 2.24 bits per heavy atom. The highest BCUT2D eigenvalue weighted by atomic mass is 32.1. The van der Waals surface area contributed by atoms with Crippen LogP contribution in [0, 0.1) is 0 Å². The molecule has 1 unspecified atom stereocenters. The van der Waals surface area contributed by atoms with Gasteiger partial charge in [-0.05, 0) is 24.7 Å². The highest BCUT2D eigenvalue weighted by molar-refractivity contribution is 7.80. The number of thiocarbonyl (C=S) groups is 1. The van der Waals surface area contributed by atoms with Crippen molar-refractivity contribution in [3.8, 4) is 0 Å². The van der Waals surface area contributed by atoms with Crippen LogP contribution in [0.15, 0.2) is 12.7 Å². The lowest BCUT2D eigenvalue weighted by molar-refractivity contribution is 0.00271. The number of nitrogens with zero attached hydrogens (tertiary/aromatic N) is 1. The molecule has 17 heavy (non-hydrogen) atoms. The molecule has 4 heteroatoms. The molecule has 0 aromatic carbocycles. The number of rotatable bonds is 7. The van der Waals surface area contributed by atoms with Crippen molar-refractivity contribution in [1.82, 2.24) is 4.90 Å². The van der Waals surface area contributed by atoms with Gasteiger partial charge < -0.3 is 9.47 Å². The van der Waals surface area contributed by atoms with Crippen molar-refractivity contribution in [2.45, 2.75) is 32.2 Å². The summed E-state index contributed by atoms with van der Waals surface area (Å²) in [5.41, 5.74) is 0. The van der Waals surface area contributed by atoms with Crippen LogP contribution in [0.3, 0.4) is 0 Å². The third-order valence-electron chi connectivity index (χ3n) is 3.04. The molecule has 98 valence electrons. The highest BCUT2D eigenvalue weighted by Gasteiger charge is 2.21. The third-order valence-corrected chi connectivity index (χ3v) is 3.32. The summed E-state index contributed by atoms with van der Waals surface area (Å²) in [5.74, 6) is 0. The Bertz CT molecular complexity index is 240. The monoisotopic (exact) mass is 257 g/mol. The SMILES string of the molecule is C=CC(=S)OCC(CCCC)N1CCOCC1. The highest BCUT2D eigenvalue weighted by Crippen LogP contribution is 2.12. The Kier molecular flexibility index (Phi) is 7.40. The fourth-order valence-corrected chi connectivity index (χ4v) is 2.06. The van der Waals surface area contributed by atoms with Crippen LogP contribution in [0.4, 0.5) is 0 Å². The Hall–Kier alpha value is -0.450. The lowest BCUT2D eigenvalue weighted by Gasteiger charge is -2.34. The van der Waals surface area contributed by atoms with E-state index in [1.165, 1.54) is 12.8 Å². The molecule has 0 radical (unpaired) electrons. The molecular weight excluding hydrogens is 234 g/mol. The maximum Gasteiger partial charge on any atom is 0.183 e. The first-order valence-electron chi connectivity index (χ1n) is 6.39. The van der Waals surface area contributed by atoms with Crippen LogP contribution in [0.25, 0.3) is 0 Å². The van der Waals surface area contributed by atoms with E-state index in [2.05, 4.69) is 18.4 Å². The van der Waals surface area contributed by atoms with E-state index in [1.54, 1.807) is 6.08 Å². The lowest BCUT2D eigenvalue weighted by atomic mass is 10.1. The second-order valence-corrected chi connectivity index (χ2v) is 4.68. The van der Waals surface area contributed by atoms with Crippen molar-refractivity contribution in [1.29, 1.82) is 0 Å². The molecule has 0 aromatic rings. The molecule has 1 aliphatic heterocycles. The van der Waals surface area contributed by atoms with Crippen LogP contribution in [0.2, 0.25) is 0 Å². The van der Waals surface area contributed by atoms with Crippen molar-refractivity contribution in [2.75, 3.05) is 32.9 Å². The van der Waals surface area contributed by atoms with Gasteiger partial charge in [-0.3, -0.25) is 4.90 Å². The van der Waals surface area contributed by atoms with Crippen LogP contribution in [0.1, 0.15) is 26.2 Å². The molecule has 3 nitrogen and oxygen atoms in total. The van der Waals surface area contributed by atoms with E-state index >= 15 is 0 Å². The molecule has 0 spiro atoms. The molecule has 1 fully saturated rings. The van der Waals surface area contributed by atoms with E-state index in [0.29, 0.717) is 17.7 Å². The smallest absolute Gasteiger partial charge is 0.183 e. The number of hydrogen-bond donors (Lipinski definition) is 0. The lowest BCUT2D eigenvalue weighted by Crippen LogP contribution is -2.45. The zero-order valence-electron chi connectivity index (χ0n) is 10.7. The van der Waals surface area contributed by atoms with Gasteiger partial charge in [0.25, 0.3) is 0 Å². The van der Waals surface area contributed by atoms with E-state index < -0.39 is 0 Å². The number of ether oxygens (including phenoxy) is 2. The summed E-state index contributed by atoms with van der Waals surface area (Å²) in [6.07, 6.45) is 5.20. The van der Waals surface area contributed by atoms with Crippen molar-refractivity contribution < 1.29 is 9.47 Å². The summed E-state index contributed by atoms with van der Waals surface area (Å²) in [6.45, 7) is 10.2. The van der Waals surface area contributed by atoms with E-state index in [9.17, 15) is 0 Å². The topological polar surface area (TPSA) is 21.7 Å². The molecule has 1 aliphatic rings. The van der Waals surface area contributed by atoms with Gasteiger partial charge in [-0.2, -0.15) is 0 Å². The maximum absolute atomic E-state index is 5.53. The molecule has 0 aliphatic carbocycles. The van der Waals surface area contributed by atoms with Gasteiger partial charge in [-0.25, -0.2) is 0 Å². The summed E-state index contributed by atoms with van der Waals surface area (Å²) in [5, 5.41) is 0.500. The second-order valence-electron chi connectivity index (χ2n) is 4.28. The minimum Gasteiger partial charge on any atom is -0.482 e. The van der Waals surface area contributed by atoms with Gasteiger partial charge in [-0.15, -0.1) is 0 Å². The average molecular weight is 257 g/mol. The first kappa shape index (κ1) is 14.6. The summed E-state index contributed by atoms with van der Waals surface area (Å²) in [6, 6.07) is 0.455. The summed E-state index contributed by atoms with van der Waals surface area (Å²) in [4.78, 5) is 2.45. The van der Waals surface area contributed by atoms with Crippen LogP contribution in [-0.4, -0.2) is 48.9 Å². The fraction of sp³-hybridized carbons (Fsp3) is 0.769. The van der Waals surface area contributed by atoms with Crippen LogP contribution in [0.5, 0.6) is 0 Å². The third kappa shape index (κ3) is 5.61. The molecule has 0 N–H and O–H groups in total. The Labute approximate surface area is 110 Å². The van der Waals surface area contributed by atoms with Gasteiger partial charge in [0.2, 0.25) is 0 Å². The molecule has 1 rings (SSSR count). The summed E-state index contributed by atoms with van der Waals surface area (Å²) < 4.78 is 10.9.